The number of hydrogen-bond donors (Lipinski definition) is 3. The van der Waals surface area contributed by atoms with Crippen LogP contribution in [-0.2, 0) is 14.3 Å². The maximum Gasteiger partial charge on any atom is 0.305 e. The third kappa shape index (κ3) is 77.2. The molecule has 0 saturated heterocycles. The SMILES string of the molecule is CCCCC/C=C\C/C=C\CCCCCCCCCCCC(=O)OCCCCCCCCCCCCCCCCCCCCCCCCCCCCCCCCCCCCCC(=O)NC(CO)C(O)CCCCCCCCCCCCCCCCCCCCCC. The van der Waals surface area contributed by atoms with Gasteiger partial charge in [0.1, 0.15) is 0 Å². The fourth-order valence-electron chi connectivity index (χ4n) is 13.6. The first-order chi connectivity index (χ1) is 45.0. The minimum atomic E-state index is -0.661. The number of unbranched alkanes of at least 4 members (excludes halogenated alkanes) is 65. The standard InChI is InChI=1S/C85H165NO5/c1-3-5-7-9-11-13-15-17-19-21-23-42-45-49-53-57-61-65-69-73-77-83(88)82(81-87)86-84(89)78-74-70-66-62-58-54-50-46-43-39-37-35-33-31-29-27-25-24-26-28-30-32-34-36-38-40-44-48-52-56-60-64-68-72-76-80-91-85(90)79-75-71-67-63-59-55-51-47-41-22-20-18-16-14-12-10-8-6-4-2/h12,14,18,20,82-83,87-88H,3-11,13,15-17,19,21-81H2,1-2H3,(H,86,89)/b14-12-,20-18-. The molecular formula is C85H165NO5. The smallest absolute Gasteiger partial charge is 0.305 e. The Morgan fingerprint density at radius 1 is 0.308 bits per heavy atom. The highest BCUT2D eigenvalue weighted by molar-refractivity contribution is 5.76. The number of esters is 1. The van der Waals surface area contributed by atoms with E-state index in [1.807, 2.05) is 0 Å². The van der Waals surface area contributed by atoms with Gasteiger partial charge in [0, 0.05) is 12.8 Å². The van der Waals surface area contributed by atoms with Gasteiger partial charge in [0.15, 0.2) is 0 Å². The molecule has 0 aromatic rings. The van der Waals surface area contributed by atoms with Crippen molar-refractivity contribution in [3.63, 3.8) is 0 Å². The van der Waals surface area contributed by atoms with E-state index in [-0.39, 0.29) is 18.5 Å². The van der Waals surface area contributed by atoms with Gasteiger partial charge in [0.25, 0.3) is 0 Å². The molecule has 0 aromatic heterocycles. The van der Waals surface area contributed by atoms with E-state index in [0.29, 0.717) is 25.9 Å². The predicted molar refractivity (Wildman–Crippen MR) is 403 cm³/mol. The molecule has 2 unspecified atom stereocenters. The highest BCUT2D eigenvalue weighted by Gasteiger charge is 2.20. The molecule has 0 rings (SSSR count). The number of rotatable bonds is 80. The second-order valence-electron chi connectivity index (χ2n) is 29.2. The third-order valence-corrected chi connectivity index (χ3v) is 20.0. The number of ether oxygens (including phenoxy) is 1. The molecule has 0 spiro atoms. The monoisotopic (exact) mass is 1280 g/mol. The molecule has 0 aliphatic heterocycles. The van der Waals surface area contributed by atoms with Crippen molar-refractivity contribution < 1.29 is 24.5 Å². The fraction of sp³-hybridized carbons (Fsp3) is 0.929. The molecular weight excluding hydrogens is 1110 g/mol. The van der Waals surface area contributed by atoms with Crippen LogP contribution in [0.4, 0.5) is 0 Å². The van der Waals surface area contributed by atoms with Gasteiger partial charge in [0.05, 0.1) is 25.4 Å². The van der Waals surface area contributed by atoms with E-state index in [0.717, 1.165) is 44.9 Å². The highest BCUT2D eigenvalue weighted by atomic mass is 16.5. The zero-order valence-corrected chi connectivity index (χ0v) is 62.1. The van der Waals surface area contributed by atoms with Crippen LogP contribution in [0.5, 0.6) is 0 Å². The summed E-state index contributed by atoms with van der Waals surface area (Å²) in [6.45, 7) is 4.99. The van der Waals surface area contributed by atoms with Gasteiger partial charge in [-0.2, -0.15) is 0 Å². The number of nitrogens with one attached hydrogen (secondary N) is 1. The number of allylic oxidation sites excluding steroid dienone is 4. The molecule has 540 valence electrons. The average Bonchev–Trinajstić information content (AvgIpc) is 3.74. The summed E-state index contributed by atoms with van der Waals surface area (Å²) in [6, 6.07) is -0.538. The van der Waals surface area contributed by atoms with Crippen molar-refractivity contribution in [2.75, 3.05) is 13.2 Å². The Balaban J connectivity index is 3.30. The van der Waals surface area contributed by atoms with Gasteiger partial charge in [-0.1, -0.05) is 436 Å². The third-order valence-electron chi connectivity index (χ3n) is 20.0. The maximum absolute atomic E-state index is 12.6. The van der Waals surface area contributed by atoms with E-state index in [4.69, 9.17) is 4.74 Å². The van der Waals surface area contributed by atoms with E-state index < -0.39 is 12.1 Å². The lowest BCUT2D eigenvalue weighted by molar-refractivity contribution is -0.143. The summed E-state index contributed by atoms with van der Waals surface area (Å²) in [5.41, 5.74) is 0. The molecule has 6 nitrogen and oxygen atoms in total. The van der Waals surface area contributed by atoms with Crippen molar-refractivity contribution in [1.29, 1.82) is 0 Å². The largest absolute Gasteiger partial charge is 0.466 e. The van der Waals surface area contributed by atoms with Crippen LogP contribution in [-0.4, -0.2) is 47.4 Å². The van der Waals surface area contributed by atoms with E-state index >= 15 is 0 Å². The van der Waals surface area contributed by atoms with Crippen molar-refractivity contribution in [2.24, 2.45) is 0 Å². The topological polar surface area (TPSA) is 95.9 Å². The summed E-state index contributed by atoms with van der Waals surface area (Å²) in [5, 5.41) is 23.5. The minimum Gasteiger partial charge on any atom is -0.466 e. The van der Waals surface area contributed by atoms with Crippen LogP contribution in [0.3, 0.4) is 0 Å². The zero-order valence-electron chi connectivity index (χ0n) is 62.1. The number of carbonyl (C=O) groups is 2. The van der Waals surface area contributed by atoms with Crippen molar-refractivity contribution in [2.45, 2.75) is 495 Å². The van der Waals surface area contributed by atoms with Gasteiger partial charge >= 0.3 is 5.97 Å². The van der Waals surface area contributed by atoms with Gasteiger partial charge in [-0.25, -0.2) is 0 Å². The molecule has 0 aliphatic carbocycles. The summed E-state index contributed by atoms with van der Waals surface area (Å²) < 4.78 is 5.52. The first-order valence-corrected chi connectivity index (χ1v) is 42.1. The van der Waals surface area contributed by atoms with E-state index in [1.165, 1.54) is 405 Å². The molecule has 0 fully saturated rings. The minimum absolute atomic E-state index is 0.0199. The molecule has 0 radical (unpaired) electrons. The van der Waals surface area contributed by atoms with Crippen LogP contribution < -0.4 is 5.32 Å². The molecule has 6 heteroatoms. The first kappa shape index (κ1) is 89.3. The first-order valence-electron chi connectivity index (χ1n) is 42.1. The second kappa shape index (κ2) is 80.8. The summed E-state index contributed by atoms with van der Waals surface area (Å²) in [5.74, 6) is -0.00421. The van der Waals surface area contributed by atoms with Crippen LogP contribution in [0, 0.1) is 0 Å². The molecule has 2 atom stereocenters. The van der Waals surface area contributed by atoms with Crippen LogP contribution in [0.25, 0.3) is 0 Å². The Morgan fingerprint density at radius 3 is 0.857 bits per heavy atom. The molecule has 0 bridgehead atoms. The van der Waals surface area contributed by atoms with Crippen LogP contribution >= 0.6 is 0 Å². The lowest BCUT2D eigenvalue weighted by Gasteiger charge is -2.22. The van der Waals surface area contributed by atoms with E-state index in [2.05, 4.69) is 43.5 Å². The van der Waals surface area contributed by atoms with Gasteiger partial charge in [-0.3, -0.25) is 9.59 Å². The van der Waals surface area contributed by atoms with Crippen LogP contribution in [0.15, 0.2) is 24.3 Å². The Labute approximate surface area is 571 Å². The fourth-order valence-corrected chi connectivity index (χ4v) is 13.6. The molecule has 0 saturated carbocycles. The maximum atomic E-state index is 12.6. The van der Waals surface area contributed by atoms with E-state index in [9.17, 15) is 19.8 Å². The molecule has 0 aliphatic rings. The molecule has 1 amide bonds. The van der Waals surface area contributed by atoms with Gasteiger partial charge in [0.2, 0.25) is 5.91 Å². The molecule has 3 N–H and O–H groups in total. The number of hydrogen-bond acceptors (Lipinski definition) is 5. The zero-order chi connectivity index (χ0) is 65.6. The Bertz CT molecular complexity index is 1430. The lowest BCUT2D eigenvalue weighted by atomic mass is 10.0. The predicted octanol–water partition coefficient (Wildman–Crippen LogP) is 28.0. The molecule has 0 heterocycles. The van der Waals surface area contributed by atoms with Crippen LogP contribution in [0.2, 0.25) is 0 Å². The molecule has 91 heavy (non-hydrogen) atoms. The Kier molecular flexibility index (Phi) is 79.3. The van der Waals surface area contributed by atoms with Gasteiger partial charge < -0.3 is 20.3 Å². The summed E-state index contributed by atoms with van der Waals surface area (Å²) in [4.78, 5) is 24.7. The van der Waals surface area contributed by atoms with Crippen molar-refractivity contribution in [1.82, 2.24) is 5.32 Å². The molecule has 0 aromatic carbocycles. The normalized spacial score (nSPS) is 12.5. The van der Waals surface area contributed by atoms with Crippen molar-refractivity contribution >= 4 is 11.9 Å². The number of carbonyl (C=O) groups excluding carboxylic acids is 2. The van der Waals surface area contributed by atoms with Gasteiger partial charge in [-0.15, -0.1) is 0 Å². The highest BCUT2D eigenvalue weighted by Crippen LogP contribution is 2.21. The summed E-state index contributed by atoms with van der Waals surface area (Å²) >= 11 is 0. The summed E-state index contributed by atoms with van der Waals surface area (Å²) in [6.07, 6.45) is 104. The van der Waals surface area contributed by atoms with Crippen molar-refractivity contribution in [3.05, 3.63) is 24.3 Å². The quantitative estimate of drug-likeness (QED) is 0.0320. The lowest BCUT2D eigenvalue weighted by Crippen LogP contribution is -2.45. The van der Waals surface area contributed by atoms with Crippen molar-refractivity contribution in [3.8, 4) is 0 Å². The van der Waals surface area contributed by atoms with E-state index in [1.54, 1.807) is 0 Å². The Hall–Kier alpha value is -1.66. The Morgan fingerprint density at radius 2 is 0.549 bits per heavy atom. The second-order valence-corrected chi connectivity index (χ2v) is 29.2. The number of amides is 1. The number of aliphatic hydroxyl groups is 2. The van der Waals surface area contributed by atoms with Crippen LogP contribution in [0.1, 0.15) is 483 Å². The van der Waals surface area contributed by atoms with Gasteiger partial charge in [-0.05, 0) is 57.8 Å². The number of aliphatic hydroxyl groups excluding tert-OH is 2. The summed E-state index contributed by atoms with van der Waals surface area (Å²) in [7, 11) is 0. The average molecular weight is 1280 g/mol.